The molecule has 3 heteroatoms. The van der Waals surface area contributed by atoms with Gasteiger partial charge in [-0.3, -0.25) is 0 Å². The van der Waals surface area contributed by atoms with Crippen molar-refractivity contribution >= 4 is 11.1 Å². The first kappa shape index (κ1) is 24.4. The zero-order valence-electron chi connectivity index (χ0n) is 16.7. The summed E-state index contributed by atoms with van der Waals surface area (Å²) in [5, 5.41) is 0. The predicted octanol–water partition coefficient (Wildman–Crippen LogP) is 0.774. The van der Waals surface area contributed by atoms with Gasteiger partial charge >= 0.3 is 26.2 Å². The molecule has 4 aliphatic carbocycles. The molecule has 6 rings (SSSR count). The molecule has 29 heavy (non-hydrogen) atoms. The molecular weight excluding hydrogens is 474 g/mol. The van der Waals surface area contributed by atoms with Crippen molar-refractivity contribution in [3.05, 3.63) is 94.8 Å². The maximum Gasteiger partial charge on any atom is 4.00 e. The molecule has 0 aliphatic heterocycles. The average Bonchev–Trinajstić information content (AvgIpc) is 3.27. The molecular formula is C26H26Cl2Zr. The summed E-state index contributed by atoms with van der Waals surface area (Å²) in [7, 11) is 0. The molecule has 0 radical (unpaired) electrons. The summed E-state index contributed by atoms with van der Waals surface area (Å²) >= 11 is 0. The smallest absolute Gasteiger partial charge is 1.00 e. The summed E-state index contributed by atoms with van der Waals surface area (Å²) in [4.78, 5) is 0. The molecule has 0 amide bonds. The molecule has 0 heterocycles. The third-order valence-electron chi connectivity index (χ3n) is 6.27. The fraction of sp³-hybridized carbons (Fsp3) is 0.308. The van der Waals surface area contributed by atoms with E-state index >= 15 is 0 Å². The molecule has 0 nitrogen and oxygen atoms in total. The Hall–Kier alpha value is -0.877. The second-order valence-corrected chi connectivity index (χ2v) is 7.87. The van der Waals surface area contributed by atoms with Crippen molar-refractivity contribution < 1.29 is 51.0 Å². The zero-order valence-corrected chi connectivity index (χ0v) is 20.7. The normalized spacial score (nSPS) is 17.4. The van der Waals surface area contributed by atoms with Crippen molar-refractivity contribution in [2.45, 2.75) is 51.4 Å². The van der Waals surface area contributed by atoms with Crippen LogP contribution >= 0.6 is 0 Å². The number of hydrogen-bond donors (Lipinski definition) is 0. The standard InChI is InChI=1S/2C13H13.2ClH.Zr/c2*1-3-7-12-10(5-1)9-11-6-2-4-8-13(11)12;;;/h2*1,3,5-7H,2,4,8-9H2;2*1H;/q2*-1;;;+4/p-2. The minimum Gasteiger partial charge on any atom is -1.00 e. The molecule has 0 saturated heterocycles. The Kier molecular flexibility index (Phi) is 9.21. The number of allylic oxidation sites excluding steroid dienone is 4. The van der Waals surface area contributed by atoms with Crippen LogP contribution in [0.4, 0.5) is 0 Å². The van der Waals surface area contributed by atoms with Crippen molar-refractivity contribution in [3.8, 4) is 0 Å². The van der Waals surface area contributed by atoms with Gasteiger partial charge in [-0.25, -0.2) is 24.0 Å². The second-order valence-electron chi connectivity index (χ2n) is 7.87. The van der Waals surface area contributed by atoms with Crippen molar-refractivity contribution in [3.63, 3.8) is 0 Å². The Morgan fingerprint density at radius 2 is 1.00 bits per heavy atom. The number of rotatable bonds is 0. The van der Waals surface area contributed by atoms with Crippen LogP contribution in [0.1, 0.15) is 60.8 Å². The summed E-state index contributed by atoms with van der Waals surface area (Å²) < 4.78 is 0. The molecule has 0 bridgehead atoms. The van der Waals surface area contributed by atoms with E-state index < -0.39 is 0 Å². The van der Waals surface area contributed by atoms with Crippen LogP contribution in [0, 0.1) is 12.8 Å². The van der Waals surface area contributed by atoms with E-state index in [2.05, 4.69) is 61.4 Å². The topological polar surface area (TPSA) is 0 Å². The second kappa shape index (κ2) is 10.9. The first-order valence-corrected chi connectivity index (χ1v) is 10.2. The predicted molar refractivity (Wildman–Crippen MR) is 110 cm³/mol. The van der Waals surface area contributed by atoms with E-state index in [0.717, 1.165) is 0 Å². The van der Waals surface area contributed by atoms with Crippen LogP contribution in [0.25, 0.3) is 11.1 Å². The van der Waals surface area contributed by atoms with E-state index in [-0.39, 0.29) is 51.0 Å². The zero-order chi connectivity index (χ0) is 17.3. The molecule has 0 unspecified atom stereocenters. The SMILES string of the molecule is [Cl-].[Cl-].[Zr+4].c1ccc2c(c1)CC1=C2CCC[CH-]1.c1ccc2c(c1)CC1=C2CCC[CH-]1. The molecule has 2 aromatic carbocycles. The van der Waals surface area contributed by atoms with Gasteiger partial charge in [-0.1, -0.05) is 85.3 Å². The summed E-state index contributed by atoms with van der Waals surface area (Å²) in [6, 6.07) is 17.7. The van der Waals surface area contributed by atoms with Gasteiger partial charge in [-0.2, -0.15) is 11.1 Å². The fourth-order valence-electron chi connectivity index (χ4n) is 5.00. The number of hydrogen-bond acceptors (Lipinski definition) is 0. The fourth-order valence-corrected chi connectivity index (χ4v) is 5.00. The first-order chi connectivity index (χ1) is 12.9. The van der Waals surface area contributed by atoms with Gasteiger partial charge in [0.25, 0.3) is 0 Å². The Morgan fingerprint density at radius 3 is 1.45 bits per heavy atom. The average molecular weight is 501 g/mol. The summed E-state index contributed by atoms with van der Waals surface area (Å²) in [5.74, 6) is 0. The van der Waals surface area contributed by atoms with Gasteiger partial charge in [-0.15, -0.1) is 24.0 Å². The molecule has 0 aromatic heterocycles. The van der Waals surface area contributed by atoms with Gasteiger partial charge in [0.1, 0.15) is 0 Å². The molecule has 2 aromatic rings. The Bertz CT molecular complexity index is 835. The van der Waals surface area contributed by atoms with Gasteiger partial charge in [0.15, 0.2) is 0 Å². The molecule has 4 aliphatic rings. The van der Waals surface area contributed by atoms with Crippen LogP contribution < -0.4 is 24.8 Å². The molecule has 0 saturated carbocycles. The van der Waals surface area contributed by atoms with Crippen LogP contribution in [-0.4, -0.2) is 0 Å². The van der Waals surface area contributed by atoms with E-state index in [1.807, 2.05) is 0 Å². The Morgan fingerprint density at radius 1 is 0.586 bits per heavy atom. The van der Waals surface area contributed by atoms with Gasteiger partial charge in [0, 0.05) is 0 Å². The Labute approximate surface area is 207 Å². The van der Waals surface area contributed by atoms with Gasteiger partial charge in [-0.05, 0) is 12.8 Å². The third-order valence-corrected chi connectivity index (χ3v) is 6.27. The van der Waals surface area contributed by atoms with E-state index in [9.17, 15) is 0 Å². The molecule has 0 N–H and O–H groups in total. The largest absolute Gasteiger partial charge is 4.00 e. The van der Waals surface area contributed by atoms with Crippen molar-refractivity contribution in [1.29, 1.82) is 0 Å². The maximum absolute atomic E-state index is 2.43. The monoisotopic (exact) mass is 498 g/mol. The van der Waals surface area contributed by atoms with Gasteiger partial charge in [0.05, 0.1) is 0 Å². The minimum atomic E-state index is 0. The quantitative estimate of drug-likeness (QED) is 0.469. The number of halogens is 2. The van der Waals surface area contributed by atoms with Crippen molar-refractivity contribution in [2.75, 3.05) is 0 Å². The van der Waals surface area contributed by atoms with E-state index in [1.54, 1.807) is 22.3 Å². The summed E-state index contributed by atoms with van der Waals surface area (Å²) in [5.41, 5.74) is 12.6. The number of fused-ring (bicyclic) bond motifs is 4. The summed E-state index contributed by atoms with van der Waals surface area (Å²) in [6.45, 7) is 0. The van der Waals surface area contributed by atoms with E-state index in [0.29, 0.717) is 0 Å². The first-order valence-electron chi connectivity index (χ1n) is 10.2. The van der Waals surface area contributed by atoms with Crippen LogP contribution in [-0.2, 0) is 39.0 Å². The van der Waals surface area contributed by atoms with Crippen LogP contribution in [0.2, 0.25) is 0 Å². The van der Waals surface area contributed by atoms with E-state index in [1.165, 1.54) is 73.6 Å². The molecule has 0 atom stereocenters. The molecule has 0 fully saturated rings. The molecule has 0 spiro atoms. The summed E-state index contributed by atoms with van der Waals surface area (Å²) in [6.07, 6.45) is 15.1. The van der Waals surface area contributed by atoms with Crippen molar-refractivity contribution in [2.24, 2.45) is 0 Å². The Balaban J connectivity index is 0.000000187. The minimum absolute atomic E-state index is 0. The van der Waals surface area contributed by atoms with Gasteiger partial charge < -0.3 is 24.8 Å². The third kappa shape index (κ3) is 4.90. The number of benzene rings is 2. The van der Waals surface area contributed by atoms with E-state index in [4.69, 9.17) is 0 Å². The van der Waals surface area contributed by atoms with Crippen molar-refractivity contribution in [1.82, 2.24) is 0 Å². The van der Waals surface area contributed by atoms with Crippen LogP contribution in [0.3, 0.4) is 0 Å². The van der Waals surface area contributed by atoms with Gasteiger partial charge in [0.2, 0.25) is 0 Å². The van der Waals surface area contributed by atoms with Crippen LogP contribution in [0.15, 0.2) is 59.7 Å². The van der Waals surface area contributed by atoms with Crippen LogP contribution in [0.5, 0.6) is 0 Å². The maximum atomic E-state index is 2.43. The molecule has 148 valence electrons.